The highest BCUT2D eigenvalue weighted by molar-refractivity contribution is 7.47. The minimum absolute atomic E-state index is 0.0528. The first-order chi connectivity index (χ1) is 6.02. The lowest BCUT2D eigenvalue weighted by Gasteiger charge is -2.13. The third kappa shape index (κ3) is 7.09. The molecule has 0 rings (SSSR count). The summed E-state index contributed by atoms with van der Waals surface area (Å²) >= 11 is 0. The topological polar surface area (TPSA) is 111 Å². The predicted molar refractivity (Wildman–Crippen MR) is 43.5 cm³/mol. The quantitative estimate of drug-likeness (QED) is 0.383. The maximum atomic E-state index is 10.9. The summed E-state index contributed by atoms with van der Waals surface area (Å²) in [5.41, 5.74) is 0. The van der Waals surface area contributed by atoms with Crippen LogP contribution in [0.4, 0.5) is 0 Å². The molecule has 0 saturated heterocycles. The van der Waals surface area contributed by atoms with Gasteiger partial charge in [-0.15, -0.1) is 0 Å². The number of aliphatic hydroxyl groups is 1. The first kappa shape index (κ1) is 13.0. The molecule has 0 aromatic carbocycles. The van der Waals surface area contributed by atoms with Gasteiger partial charge in [-0.25, -0.2) is 10.5 Å². The Kier molecular flexibility index (Phi) is 6.44. The Morgan fingerprint density at radius 3 is 2.54 bits per heavy atom. The van der Waals surface area contributed by atoms with E-state index in [4.69, 9.17) is 10.00 Å². The van der Waals surface area contributed by atoms with Gasteiger partial charge in [0.15, 0.2) is 0 Å². The summed E-state index contributed by atoms with van der Waals surface area (Å²) in [6, 6.07) is 0. The standard InChI is InChI=1S/C5H14NO6P/c1-2-11-13(8,9)12-4-5(7)3-10-6/h5,7H,2-4,6H2,1H3,(H,8,9). The smallest absolute Gasteiger partial charge is 0.388 e. The third-order valence-electron chi connectivity index (χ3n) is 1.01. The molecule has 0 radical (unpaired) electrons. The molecular weight excluding hydrogens is 201 g/mol. The van der Waals surface area contributed by atoms with Crippen LogP contribution in [0.3, 0.4) is 0 Å². The van der Waals surface area contributed by atoms with E-state index < -0.39 is 13.9 Å². The molecule has 0 amide bonds. The Hall–Kier alpha value is -0.0100. The van der Waals surface area contributed by atoms with Crippen molar-refractivity contribution in [1.82, 2.24) is 0 Å². The fourth-order valence-electron chi connectivity index (χ4n) is 0.540. The van der Waals surface area contributed by atoms with Gasteiger partial charge in [-0.3, -0.25) is 9.05 Å². The van der Waals surface area contributed by atoms with E-state index in [1.54, 1.807) is 6.92 Å². The summed E-state index contributed by atoms with van der Waals surface area (Å²) in [4.78, 5) is 12.9. The number of aliphatic hydroxyl groups excluding tert-OH is 1. The van der Waals surface area contributed by atoms with E-state index in [1.807, 2.05) is 0 Å². The third-order valence-corrected chi connectivity index (χ3v) is 2.07. The monoisotopic (exact) mass is 215 g/mol. The van der Waals surface area contributed by atoms with Gasteiger partial charge in [-0.05, 0) is 6.92 Å². The number of hydrogen-bond acceptors (Lipinski definition) is 6. The molecule has 0 aromatic rings. The molecule has 2 unspecified atom stereocenters. The van der Waals surface area contributed by atoms with Crippen molar-refractivity contribution < 1.29 is 28.5 Å². The summed E-state index contributed by atoms with van der Waals surface area (Å²) in [5.74, 6) is 4.65. The fraction of sp³-hybridized carbons (Fsp3) is 1.00. The average molecular weight is 215 g/mol. The van der Waals surface area contributed by atoms with Crippen molar-refractivity contribution in [2.75, 3.05) is 19.8 Å². The van der Waals surface area contributed by atoms with Crippen LogP contribution in [-0.2, 0) is 18.5 Å². The Morgan fingerprint density at radius 2 is 2.08 bits per heavy atom. The van der Waals surface area contributed by atoms with E-state index in [2.05, 4.69) is 19.8 Å². The van der Waals surface area contributed by atoms with Crippen molar-refractivity contribution in [3.63, 3.8) is 0 Å². The molecule has 13 heavy (non-hydrogen) atoms. The predicted octanol–water partition coefficient (Wildman–Crippen LogP) is -0.609. The van der Waals surface area contributed by atoms with Gasteiger partial charge in [0.2, 0.25) is 0 Å². The maximum Gasteiger partial charge on any atom is 0.472 e. The molecule has 8 heteroatoms. The van der Waals surface area contributed by atoms with Crippen molar-refractivity contribution in [3.05, 3.63) is 0 Å². The van der Waals surface area contributed by atoms with E-state index in [0.29, 0.717) is 0 Å². The number of nitrogens with two attached hydrogens (primary N) is 1. The normalized spacial score (nSPS) is 18.2. The van der Waals surface area contributed by atoms with Crippen LogP contribution in [0.5, 0.6) is 0 Å². The van der Waals surface area contributed by atoms with Crippen LogP contribution in [0.1, 0.15) is 6.92 Å². The average Bonchev–Trinajstić information content (AvgIpc) is 2.02. The van der Waals surface area contributed by atoms with Crippen LogP contribution in [0.2, 0.25) is 0 Å². The van der Waals surface area contributed by atoms with Crippen LogP contribution in [-0.4, -0.2) is 35.9 Å². The molecule has 0 heterocycles. The minimum Gasteiger partial charge on any atom is -0.388 e. The zero-order valence-electron chi connectivity index (χ0n) is 7.25. The van der Waals surface area contributed by atoms with Gasteiger partial charge in [0.05, 0.1) is 19.8 Å². The number of hydrogen-bond donors (Lipinski definition) is 3. The molecular formula is C5H14NO6P. The molecule has 0 saturated carbocycles. The number of rotatable bonds is 7. The molecule has 80 valence electrons. The molecule has 0 aliphatic heterocycles. The molecule has 0 bridgehead atoms. The lowest BCUT2D eigenvalue weighted by molar-refractivity contribution is 0.00279. The molecule has 4 N–H and O–H groups in total. The van der Waals surface area contributed by atoms with Gasteiger partial charge in [0, 0.05) is 0 Å². The Morgan fingerprint density at radius 1 is 1.46 bits per heavy atom. The Labute approximate surface area is 76.0 Å². The highest BCUT2D eigenvalue weighted by atomic mass is 31.2. The van der Waals surface area contributed by atoms with E-state index in [-0.39, 0.29) is 19.8 Å². The van der Waals surface area contributed by atoms with Gasteiger partial charge in [-0.2, -0.15) is 0 Å². The van der Waals surface area contributed by atoms with Gasteiger partial charge in [0.1, 0.15) is 6.10 Å². The van der Waals surface area contributed by atoms with Crippen molar-refractivity contribution in [2.45, 2.75) is 13.0 Å². The lowest BCUT2D eigenvalue weighted by atomic mass is 10.4. The van der Waals surface area contributed by atoms with Gasteiger partial charge >= 0.3 is 7.82 Å². The second-order valence-electron chi connectivity index (χ2n) is 2.17. The summed E-state index contributed by atoms with van der Waals surface area (Å²) in [6.07, 6.45) is -1.05. The van der Waals surface area contributed by atoms with Crippen LogP contribution >= 0.6 is 7.82 Å². The van der Waals surface area contributed by atoms with E-state index in [9.17, 15) is 4.57 Å². The van der Waals surface area contributed by atoms with Crippen molar-refractivity contribution in [2.24, 2.45) is 5.90 Å². The van der Waals surface area contributed by atoms with Crippen LogP contribution in [0.15, 0.2) is 0 Å². The van der Waals surface area contributed by atoms with Gasteiger partial charge < -0.3 is 14.8 Å². The first-order valence-electron chi connectivity index (χ1n) is 3.63. The number of phosphoric acid groups is 1. The van der Waals surface area contributed by atoms with Crippen molar-refractivity contribution in [3.8, 4) is 0 Å². The number of phosphoric ester groups is 1. The highest BCUT2D eigenvalue weighted by Crippen LogP contribution is 2.42. The SMILES string of the molecule is CCOP(=O)(O)OCC(O)CON. The fourth-order valence-corrected chi connectivity index (χ4v) is 1.30. The molecule has 0 spiro atoms. The zero-order valence-corrected chi connectivity index (χ0v) is 8.15. The summed E-state index contributed by atoms with van der Waals surface area (Å²) < 4.78 is 19.6. The second kappa shape index (κ2) is 6.44. The van der Waals surface area contributed by atoms with E-state index >= 15 is 0 Å². The molecule has 0 aliphatic carbocycles. The second-order valence-corrected chi connectivity index (χ2v) is 3.62. The Bertz CT molecular complexity index is 176. The molecule has 0 fully saturated rings. The Balaban J connectivity index is 3.67. The van der Waals surface area contributed by atoms with Crippen molar-refractivity contribution >= 4 is 7.82 Å². The van der Waals surface area contributed by atoms with Crippen molar-refractivity contribution in [1.29, 1.82) is 0 Å². The lowest BCUT2D eigenvalue weighted by Crippen LogP contribution is -2.23. The zero-order chi connectivity index (χ0) is 10.3. The van der Waals surface area contributed by atoms with Crippen LogP contribution in [0, 0.1) is 0 Å². The van der Waals surface area contributed by atoms with Crippen LogP contribution in [0.25, 0.3) is 0 Å². The molecule has 7 nitrogen and oxygen atoms in total. The van der Waals surface area contributed by atoms with Gasteiger partial charge in [-0.1, -0.05) is 0 Å². The largest absolute Gasteiger partial charge is 0.472 e. The summed E-state index contributed by atoms with van der Waals surface area (Å²) in [5, 5.41) is 8.96. The highest BCUT2D eigenvalue weighted by Gasteiger charge is 2.21. The molecule has 2 atom stereocenters. The van der Waals surface area contributed by atoms with Crippen LogP contribution < -0.4 is 5.90 Å². The summed E-state index contributed by atoms with van der Waals surface area (Å²) in [6.45, 7) is 1.06. The van der Waals surface area contributed by atoms with E-state index in [1.165, 1.54) is 0 Å². The van der Waals surface area contributed by atoms with E-state index in [0.717, 1.165) is 0 Å². The maximum absolute atomic E-state index is 10.9. The first-order valence-corrected chi connectivity index (χ1v) is 5.13. The molecule has 0 aliphatic rings. The molecule has 0 aromatic heterocycles. The summed E-state index contributed by atoms with van der Waals surface area (Å²) in [7, 11) is -4.03. The minimum atomic E-state index is -4.03. The van der Waals surface area contributed by atoms with Gasteiger partial charge in [0.25, 0.3) is 0 Å².